The van der Waals surface area contributed by atoms with E-state index < -0.39 is 19.9 Å². The molecule has 11 heteroatoms. The van der Waals surface area contributed by atoms with E-state index in [1.54, 1.807) is 24.3 Å². The lowest BCUT2D eigenvalue weighted by Gasteiger charge is -2.24. The molecule has 0 atom stereocenters. The van der Waals surface area contributed by atoms with Gasteiger partial charge in [0.1, 0.15) is 11.5 Å². The zero-order chi connectivity index (χ0) is 30.7. The summed E-state index contributed by atoms with van der Waals surface area (Å²) in [7, 11) is -4.36. The van der Waals surface area contributed by atoms with Crippen LogP contribution >= 0.6 is 11.6 Å². The van der Waals surface area contributed by atoms with Crippen LogP contribution in [0.1, 0.15) is 32.6 Å². The first-order valence-electron chi connectivity index (χ1n) is 12.9. The van der Waals surface area contributed by atoms with Crippen LogP contribution in [0.4, 0.5) is 5.69 Å². The van der Waals surface area contributed by atoms with Crippen molar-refractivity contribution in [3.63, 3.8) is 0 Å². The number of carbonyl (C=O) groups excluding carboxylic acids is 1. The van der Waals surface area contributed by atoms with Crippen molar-refractivity contribution in [2.75, 3.05) is 13.2 Å². The van der Waals surface area contributed by atoms with Crippen LogP contribution in [-0.4, -0.2) is 41.9 Å². The van der Waals surface area contributed by atoms with Crippen molar-refractivity contribution >= 4 is 33.4 Å². The van der Waals surface area contributed by atoms with Crippen LogP contribution in [0, 0.1) is 24.0 Å². The minimum absolute atomic E-state index is 0.326. The van der Waals surface area contributed by atoms with Crippen molar-refractivity contribution in [3.05, 3.63) is 140 Å². The quantitative estimate of drug-likeness (QED) is 0.0914. The molecule has 42 heavy (non-hydrogen) atoms. The van der Waals surface area contributed by atoms with Gasteiger partial charge >= 0.3 is 5.97 Å². The number of rotatable bonds is 10. The van der Waals surface area contributed by atoms with Crippen LogP contribution in [0.25, 0.3) is 0 Å². The molecule has 4 aromatic rings. The molecule has 0 fully saturated rings. The standard InChI is InChI=1S/C25H26ClNO2.C6H5NO5S/c1-19-7-3-5-9-22(19)17-27(18-23-10-6-4-8-20(23)2)15-16-29-25(28)21-11-13-24(26)14-12-21;8-7(9)5-2-1-3-6(4-5)13(10,11)12/h3-14H,15-18H2,1-2H3;1-4H,(H,10,11,12). The second-order valence-electron chi connectivity index (χ2n) is 9.44. The Bertz CT molecular complexity index is 1580. The highest BCUT2D eigenvalue weighted by molar-refractivity contribution is 7.85. The van der Waals surface area contributed by atoms with Crippen LogP contribution in [0.2, 0.25) is 5.02 Å². The van der Waals surface area contributed by atoms with Crippen LogP contribution < -0.4 is 0 Å². The first-order valence-corrected chi connectivity index (χ1v) is 14.7. The number of nitro benzene ring substituents is 1. The second kappa shape index (κ2) is 15.2. The number of hydrogen-bond donors (Lipinski definition) is 1. The third-order valence-corrected chi connectivity index (χ3v) is 7.46. The van der Waals surface area contributed by atoms with E-state index in [-0.39, 0.29) is 11.7 Å². The van der Waals surface area contributed by atoms with Gasteiger partial charge in [-0.05, 0) is 66.4 Å². The lowest BCUT2D eigenvalue weighted by molar-refractivity contribution is -0.385. The van der Waals surface area contributed by atoms with Gasteiger partial charge in [0.15, 0.2) is 0 Å². The summed E-state index contributed by atoms with van der Waals surface area (Å²) in [5.74, 6) is -0.326. The zero-order valence-corrected chi connectivity index (χ0v) is 24.7. The summed E-state index contributed by atoms with van der Waals surface area (Å²) in [6.45, 7) is 6.85. The molecule has 0 saturated carbocycles. The number of esters is 1. The lowest BCUT2D eigenvalue weighted by Crippen LogP contribution is -2.28. The summed E-state index contributed by atoms with van der Waals surface area (Å²) >= 11 is 5.88. The van der Waals surface area contributed by atoms with Gasteiger partial charge in [0, 0.05) is 36.8 Å². The van der Waals surface area contributed by atoms with Crippen molar-refractivity contribution in [2.24, 2.45) is 0 Å². The lowest BCUT2D eigenvalue weighted by atomic mass is 10.1. The van der Waals surface area contributed by atoms with E-state index in [4.69, 9.17) is 20.9 Å². The molecule has 0 bridgehead atoms. The Hall–Kier alpha value is -4.09. The number of aryl methyl sites for hydroxylation is 2. The summed E-state index contributed by atoms with van der Waals surface area (Å²) in [5.41, 5.74) is 5.23. The predicted octanol–water partition coefficient (Wildman–Crippen LogP) is 6.66. The highest BCUT2D eigenvalue weighted by Crippen LogP contribution is 2.17. The highest BCUT2D eigenvalue weighted by Gasteiger charge is 2.14. The molecule has 0 aromatic heterocycles. The Morgan fingerprint density at radius 3 is 1.93 bits per heavy atom. The van der Waals surface area contributed by atoms with Gasteiger partial charge in [0.2, 0.25) is 0 Å². The van der Waals surface area contributed by atoms with Gasteiger partial charge in [-0.25, -0.2) is 4.79 Å². The second-order valence-corrected chi connectivity index (χ2v) is 11.3. The van der Waals surface area contributed by atoms with E-state index in [1.165, 1.54) is 28.3 Å². The van der Waals surface area contributed by atoms with Gasteiger partial charge in [-0.15, -0.1) is 0 Å². The van der Waals surface area contributed by atoms with Crippen LogP contribution in [0.5, 0.6) is 0 Å². The van der Waals surface area contributed by atoms with Crippen LogP contribution in [-0.2, 0) is 27.9 Å². The van der Waals surface area contributed by atoms with Gasteiger partial charge in [0.25, 0.3) is 15.8 Å². The number of nitro groups is 1. The molecule has 1 N–H and O–H groups in total. The molecule has 4 rings (SSSR count). The zero-order valence-electron chi connectivity index (χ0n) is 23.1. The summed E-state index contributed by atoms with van der Waals surface area (Å²) in [6.07, 6.45) is 0. The molecular formula is C31H31ClN2O7S. The Labute approximate surface area is 250 Å². The van der Waals surface area contributed by atoms with Crippen molar-refractivity contribution in [1.82, 2.24) is 4.90 Å². The minimum Gasteiger partial charge on any atom is -0.461 e. The first kappa shape index (κ1) is 32.4. The number of hydrogen-bond acceptors (Lipinski definition) is 7. The van der Waals surface area contributed by atoms with Gasteiger partial charge in [-0.3, -0.25) is 19.6 Å². The molecule has 9 nitrogen and oxygen atoms in total. The number of carbonyl (C=O) groups is 1. The van der Waals surface area contributed by atoms with E-state index in [1.807, 2.05) is 0 Å². The smallest absolute Gasteiger partial charge is 0.338 e. The van der Waals surface area contributed by atoms with Gasteiger partial charge in [0.05, 0.1) is 10.5 Å². The third kappa shape index (κ3) is 10.1. The summed E-state index contributed by atoms with van der Waals surface area (Å²) in [4.78, 5) is 23.6. The SMILES string of the molecule is Cc1ccccc1CN(CCOC(=O)c1ccc(Cl)cc1)Cc1ccccc1C.O=[N+]([O-])c1cccc(S(=O)(=O)O)c1. The van der Waals surface area contributed by atoms with Gasteiger partial charge in [-0.2, -0.15) is 8.42 Å². The maximum Gasteiger partial charge on any atom is 0.338 e. The third-order valence-electron chi connectivity index (χ3n) is 6.36. The van der Waals surface area contributed by atoms with Crippen molar-refractivity contribution in [3.8, 4) is 0 Å². The van der Waals surface area contributed by atoms with E-state index in [2.05, 4.69) is 67.3 Å². The van der Waals surface area contributed by atoms with E-state index in [0.717, 1.165) is 31.3 Å². The summed E-state index contributed by atoms with van der Waals surface area (Å²) < 4.78 is 35.1. The Morgan fingerprint density at radius 2 is 1.43 bits per heavy atom. The number of ether oxygens (including phenoxy) is 1. The maximum absolute atomic E-state index is 12.3. The van der Waals surface area contributed by atoms with E-state index in [9.17, 15) is 23.3 Å². The average Bonchev–Trinajstić information content (AvgIpc) is 2.95. The number of benzene rings is 4. The normalized spacial score (nSPS) is 11.0. The fraction of sp³-hybridized carbons (Fsp3) is 0.194. The molecule has 0 amide bonds. The number of halogens is 1. The molecule has 0 radical (unpaired) electrons. The highest BCUT2D eigenvalue weighted by atomic mass is 35.5. The summed E-state index contributed by atoms with van der Waals surface area (Å²) in [5, 5.41) is 10.8. The fourth-order valence-corrected chi connectivity index (χ4v) is 4.61. The minimum atomic E-state index is -4.36. The Kier molecular flexibility index (Phi) is 11.8. The Balaban J connectivity index is 0.000000312. The van der Waals surface area contributed by atoms with Crippen molar-refractivity contribution < 1.29 is 27.4 Å². The maximum atomic E-state index is 12.3. The molecule has 0 aliphatic heterocycles. The first-order chi connectivity index (χ1) is 19.9. The average molecular weight is 611 g/mol. The van der Waals surface area contributed by atoms with Crippen LogP contribution in [0.15, 0.2) is 102 Å². The summed E-state index contributed by atoms with van der Waals surface area (Å²) in [6, 6.07) is 27.7. The van der Waals surface area contributed by atoms with E-state index in [0.29, 0.717) is 23.7 Å². The van der Waals surface area contributed by atoms with E-state index >= 15 is 0 Å². The largest absolute Gasteiger partial charge is 0.461 e. The molecule has 0 unspecified atom stereocenters. The predicted molar refractivity (Wildman–Crippen MR) is 161 cm³/mol. The van der Waals surface area contributed by atoms with Gasteiger partial charge < -0.3 is 4.74 Å². The number of nitrogens with zero attached hydrogens (tertiary/aromatic N) is 2. The fourth-order valence-electron chi connectivity index (χ4n) is 3.97. The van der Waals surface area contributed by atoms with Gasteiger partial charge in [-0.1, -0.05) is 66.2 Å². The van der Waals surface area contributed by atoms with Crippen LogP contribution in [0.3, 0.4) is 0 Å². The topological polar surface area (TPSA) is 127 Å². The molecule has 0 aliphatic rings. The van der Waals surface area contributed by atoms with Crippen molar-refractivity contribution in [1.29, 1.82) is 0 Å². The molecule has 0 aliphatic carbocycles. The number of non-ortho nitro benzene ring substituents is 1. The molecule has 4 aromatic carbocycles. The Morgan fingerprint density at radius 1 is 0.881 bits per heavy atom. The molecule has 0 spiro atoms. The molecule has 0 saturated heterocycles. The van der Waals surface area contributed by atoms with Crippen molar-refractivity contribution in [2.45, 2.75) is 31.8 Å². The molecular weight excluding hydrogens is 580 g/mol. The molecule has 220 valence electrons. The molecule has 0 heterocycles. The monoisotopic (exact) mass is 610 g/mol.